The van der Waals surface area contributed by atoms with Crippen LogP contribution in [0.1, 0.15) is 23.6 Å². The highest BCUT2D eigenvalue weighted by Gasteiger charge is 2.48. The largest absolute Gasteiger partial charge is 0.312 e. The number of hydrogen-bond acceptors (Lipinski definition) is 3. The fraction of sp³-hybridized carbons (Fsp3) is 0.435. The van der Waals surface area contributed by atoms with Crippen molar-refractivity contribution < 1.29 is 4.79 Å². The van der Waals surface area contributed by atoms with Gasteiger partial charge in [-0.15, -0.1) is 0 Å². The van der Waals surface area contributed by atoms with Gasteiger partial charge in [-0.2, -0.15) is 0 Å². The van der Waals surface area contributed by atoms with Crippen molar-refractivity contribution >= 4 is 23.2 Å². The third-order valence-corrected chi connectivity index (χ3v) is 6.81. The maximum Gasteiger partial charge on any atom is 0.241 e. The molecular weight excluding hydrogens is 370 g/mol. The molecule has 1 N–H and O–H groups in total. The zero-order valence-electron chi connectivity index (χ0n) is 16.2. The van der Waals surface area contributed by atoms with E-state index < -0.39 is 0 Å². The Balaban J connectivity index is 1.44. The lowest BCUT2D eigenvalue weighted by Gasteiger charge is -2.32. The van der Waals surface area contributed by atoms with Crippen LogP contribution in [0.25, 0.3) is 0 Å². The second-order valence-electron chi connectivity index (χ2n) is 8.63. The summed E-state index contributed by atoms with van der Waals surface area (Å²) in [5.74, 6) is 0.186. The van der Waals surface area contributed by atoms with Crippen LogP contribution in [-0.4, -0.2) is 49.6 Å². The summed E-state index contributed by atoms with van der Waals surface area (Å²) in [7, 11) is 0. The van der Waals surface area contributed by atoms with Gasteiger partial charge in [-0.1, -0.05) is 41.9 Å². The Hall–Kier alpha value is -1.88. The third kappa shape index (κ3) is 3.04. The molecule has 146 valence electrons. The van der Waals surface area contributed by atoms with Crippen molar-refractivity contribution in [1.82, 2.24) is 10.2 Å². The molecule has 28 heavy (non-hydrogen) atoms. The predicted octanol–water partition coefficient (Wildman–Crippen LogP) is 3.02. The number of amides is 1. The van der Waals surface area contributed by atoms with Gasteiger partial charge in [0.2, 0.25) is 5.91 Å². The van der Waals surface area contributed by atoms with Gasteiger partial charge in [-0.05, 0) is 48.6 Å². The van der Waals surface area contributed by atoms with Crippen LogP contribution < -0.4 is 10.2 Å². The number of carbonyl (C=O) groups is 1. The summed E-state index contributed by atoms with van der Waals surface area (Å²) in [5, 5.41) is 4.14. The molecule has 4 nitrogen and oxygen atoms in total. The van der Waals surface area contributed by atoms with Crippen molar-refractivity contribution in [3.8, 4) is 0 Å². The summed E-state index contributed by atoms with van der Waals surface area (Å²) in [6.07, 6.45) is 1.98. The van der Waals surface area contributed by atoms with E-state index in [2.05, 4.69) is 47.5 Å². The Morgan fingerprint density at radius 3 is 2.68 bits per heavy atom. The summed E-state index contributed by atoms with van der Waals surface area (Å²) in [4.78, 5) is 17.6. The molecule has 2 aliphatic heterocycles. The van der Waals surface area contributed by atoms with Crippen molar-refractivity contribution in [1.29, 1.82) is 0 Å². The average Bonchev–Trinajstić information content (AvgIpc) is 3.19. The molecule has 1 aliphatic carbocycles. The fourth-order valence-electron chi connectivity index (χ4n) is 5.30. The van der Waals surface area contributed by atoms with Gasteiger partial charge in [0.05, 0.1) is 6.54 Å². The molecule has 1 spiro atoms. The Bertz CT molecular complexity index is 903. The maximum absolute atomic E-state index is 13.3. The van der Waals surface area contributed by atoms with Crippen LogP contribution in [0, 0.1) is 0 Å². The topological polar surface area (TPSA) is 35.6 Å². The smallest absolute Gasteiger partial charge is 0.241 e. The van der Waals surface area contributed by atoms with E-state index in [9.17, 15) is 4.79 Å². The van der Waals surface area contributed by atoms with E-state index in [1.165, 1.54) is 16.7 Å². The standard InChI is InChI=1S/C23H26ClN3O/c1-16-13-26(9-8-25-16)14-22(28)27-15-23(20-7-6-19(24)10-21(20)27)11-17-4-2-3-5-18(17)12-23/h2-7,10,16,25H,8-9,11-15H2,1H3. The number of fused-ring (bicyclic) bond motifs is 3. The van der Waals surface area contributed by atoms with E-state index >= 15 is 0 Å². The van der Waals surface area contributed by atoms with Crippen molar-refractivity contribution in [3.63, 3.8) is 0 Å². The first kappa shape index (κ1) is 18.2. The van der Waals surface area contributed by atoms with E-state index in [0.717, 1.165) is 44.7 Å². The number of rotatable bonds is 2. The molecule has 2 aromatic rings. The van der Waals surface area contributed by atoms with Gasteiger partial charge in [-0.3, -0.25) is 9.69 Å². The number of benzene rings is 2. The lowest BCUT2D eigenvalue weighted by atomic mass is 9.79. The number of halogens is 1. The van der Waals surface area contributed by atoms with Crippen molar-refractivity contribution in [2.75, 3.05) is 37.6 Å². The first-order chi connectivity index (χ1) is 13.5. The number of anilines is 1. The van der Waals surface area contributed by atoms with Crippen molar-refractivity contribution in [2.45, 2.75) is 31.2 Å². The molecule has 0 bridgehead atoms. The van der Waals surface area contributed by atoms with Gasteiger partial charge >= 0.3 is 0 Å². The Labute approximate surface area is 171 Å². The molecule has 2 heterocycles. The van der Waals surface area contributed by atoms with Crippen molar-refractivity contribution in [2.24, 2.45) is 0 Å². The van der Waals surface area contributed by atoms with E-state index in [4.69, 9.17) is 11.6 Å². The van der Waals surface area contributed by atoms with Gasteiger partial charge in [0, 0.05) is 48.3 Å². The van der Waals surface area contributed by atoms with Crippen LogP contribution in [0.15, 0.2) is 42.5 Å². The molecule has 0 radical (unpaired) electrons. The Morgan fingerprint density at radius 1 is 1.21 bits per heavy atom. The highest BCUT2D eigenvalue weighted by molar-refractivity contribution is 6.31. The van der Waals surface area contributed by atoms with Crippen LogP contribution in [0.5, 0.6) is 0 Å². The third-order valence-electron chi connectivity index (χ3n) is 6.57. The maximum atomic E-state index is 13.3. The van der Waals surface area contributed by atoms with Gasteiger partial charge in [0.25, 0.3) is 0 Å². The summed E-state index contributed by atoms with van der Waals surface area (Å²) < 4.78 is 0. The van der Waals surface area contributed by atoms with Crippen LogP contribution in [-0.2, 0) is 23.1 Å². The van der Waals surface area contributed by atoms with E-state index in [0.29, 0.717) is 17.6 Å². The summed E-state index contributed by atoms with van der Waals surface area (Å²) in [6.45, 7) is 6.17. The molecule has 1 unspecified atom stereocenters. The predicted molar refractivity (Wildman–Crippen MR) is 113 cm³/mol. The molecule has 3 aliphatic rings. The normalized spacial score (nSPS) is 23.1. The van der Waals surface area contributed by atoms with E-state index in [1.807, 2.05) is 17.0 Å². The minimum absolute atomic E-state index is 0.0178. The summed E-state index contributed by atoms with van der Waals surface area (Å²) in [6, 6.07) is 15.2. The monoisotopic (exact) mass is 395 g/mol. The summed E-state index contributed by atoms with van der Waals surface area (Å²) >= 11 is 6.33. The highest BCUT2D eigenvalue weighted by Crippen LogP contribution is 2.49. The minimum Gasteiger partial charge on any atom is -0.312 e. The zero-order chi connectivity index (χ0) is 19.3. The first-order valence-electron chi connectivity index (χ1n) is 10.2. The average molecular weight is 396 g/mol. The van der Waals surface area contributed by atoms with Crippen LogP contribution in [0.3, 0.4) is 0 Å². The number of nitrogens with zero attached hydrogens (tertiary/aromatic N) is 2. The van der Waals surface area contributed by atoms with Gasteiger partial charge < -0.3 is 10.2 Å². The molecule has 5 heteroatoms. The molecule has 1 saturated heterocycles. The van der Waals surface area contributed by atoms with Crippen LogP contribution in [0.2, 0.25) is 5.02 Å². The second kappa shape index (κ2) is 6.87. The molecule has 1 atom stereocenters. The van der Waals surface area contributed by atoms with Gasteiger partial charge in [0.15, 0.2) is 0 Å². The number of carbonyl (C=O) groups excluding carboxylic acids is 1. The lowest BCUT2D eigenvalue weighted by Crippen LogP contribution is -2.52. The molecule has 0 aromatic heterocycles. The molecular formula is C23H26ClN3O. The van der Waals surface area contributed by atoms with E-state index in [-0.39, 0.29) is 11.3 Å². The second-order valence-corrected chi connectivity index (χ2v) is 9.07. The highest BCUT2D eigenvalue weighted by atomic mass is 35.5. The zero-order valence-corrected chi connectivity index (χ0v) is 17.0. The molecule has 2 aromatic carbocycles. The first-order valence-corrected chi connectivity index (χ1v) is 10.5. The van der Waals surface area contributed by atoms with Crippen molar-refractivity contribution in [3.05, 3.63) is 64.2 Å². The minimum atomic E-state index is -0.0178. The molecule has 5 rings (SSSR count). The number of nitrogens with one attached hydrogen (secondary N) is 1. The molecule has 0 saturated carbocycles. The Kier molecular flexibility index (Phi) is 4.46. The quantitative estimate of drug-likeness (QED) is 0.849. The van der Waals surface area contributed by atoms with Crippen LogP contribution >= 0.6 is 11.6 Å². The lowest BCUT2D eigenvalue weighted by molar-refractivity contribution is -0.120. The number of piperazine rings is 1. The summed E-state index contributed by atoms with van der Waals surface area (Å²) in [5.41, 5.74) is 5.08. The Morgan fingerprint density at radius 2 is 1.96 bits per heavy atom. The molecule has 1 amide bonds. The van der Waals surface area contributed by atoms with Gasteiger partial charge in [-0.25, -0.2) is 0 Å². The van der Waals surface area contributed by atoms with Gasteiger partial charge in [0.1, 0.15) is 0 Å². The SMILES string of the molecule is CC1CN(CC(=O)N2CC3(Cc4ccccc4C3)c3ccc(Cl)cc32)CCN1. The fourth-order valence-corrected chi connectivity index (χ4v) is 5.47. The number of hydrogen-bond donors (Lipinski definition) is 1. The van der Waals surface area contributed by atoms with Crippen LogP contribution in [0.4, 0.5) is 5.69 Å². The van der Waals surface area contributed by atoms with E-state index in [1.54, 1.807) is 0 Å². The molecule has 1 fully saturated rings.